The average Bonchev–Trinajstić information content (AvgIpc) is 3.02. The van der Waals surface area contributed by atoms with E-state index >= 15 is 0 Å². The highest BCUT2D eigenvalue weighted by molar-refractivity contribution is 9.10. The van der Waals surface area contributed by atoms with Gasteiger partial charge in [-0.1, -0.05) is 12.1 Å². The van der Waals surface area contributed by atoms with Crippen molar-refractivity contribution in [2.24, 2.45) is 0 Å². The Bertz CT molecular complexity index is 975. The molecule has 0 radical (unpaired) electrons. The van der Waals surface area contributed by atoms with Crippen LogP contribution >= 0.6 is 27.3 Å². The average molecular weight is 451 g/mol. The molecule has 0 aliphatic rings. The third-order valence-corrected chi connectivity index (χ3v) is 5.55. The summed E-state index contributed by atoms with van der Waals surface area (Å²) in [5.74, 6) is -1.52. The van der Waals surface area contributed by atoms with Crippen LogP contribution in [0.25, 0.3) is 10.2 Å². The molecule has 140 valence electrons. The predicted octanol–water partition coefficient (Wildman–Crippen LogP) is 4.40. The molecule has 0 aliphatic heterocycles. The number of amides is 1. The standard InChI is InChI=1S/C19H16BrFN2O3S/c1-11(26-19(25)13-8-7-12(21)9-14(13)20)18(24)23(2)10-17-22-15-5-3-4-6-16(15)27-17/h3-9,11H,10H2,1-2H3. The molecule has 0 saturated heterocycles. The topological polar surface area (TPSA) is 59.5 Å². The number of halogens is 2. The Labute approximate surface area is 167 Å². The first-order chi connectivity index (χ1) is 12.8. The number of thiazole rings is 1. The summed E-state index contributed by atoms with van der Waals surface area (Å²) >= 11 is 4.64. The molecule has 0 aliphatic carbocycles. The number of rotatable bonds is 5. The zero-order valence-corrected chi connectivity index (χ0v) is 17.0. The number of ether oxygens (including phenoxy) is 1. The fourth-order valence-electron chi connectivity index (χ4n) is 2.51. The summed E-state index contributed by atoms with van der Waals surface area (Å²) in [6, 6.07) is 11.4. The third kappa shape index (κ3) is 4.51. The van der Waals surface area contributed by atoms with Gasteiger partial charge in [-0.15, -0.1) is 11.3 Å². The SMILES string of the molecule is CC(OC(=O)c1ccc(F)cc1Br)C(=O)N(C)Cc1nc2ccccc2s1. The maximum Gasteiger partial charge on any atom is 0.340 e. The molecule has 1 unspecified atom stereocenters. The van der Waals surface area contributed by atoms with E-state index in [0.29, 0.717) is 6.54 Å². The van der Waals surface area contributed by atoms with Crippen molar-refractivity contribution >= 4 is 49.4 Å². The molecule has 3 aromatic rings. The Morgan fingerprint density at radius 2 is 2.04 bits per heavy atom. The molecule has 1 amide bonds. The monoisotopic (exact) mass is 450 g/mol. The van der Waals surface area contributed by atoms with Gasteiger partial charge in [-0.05, 0) is 53.2 Å². The van der Waals surface area contributed by atoms with E-state index in [9.17, 15) is 14.0 Å². The number of hydrogen-bond acceptors (Lipinski definition) is 5. The van der Waals surface area contributed by atoms with Crippen LogP contribution in [0.15, 0.2) is 46.9 Å². The van der Waals surface area contributed by atoms with E-state index in [-0.39, 0.29) is 15.9 Å². The van der Waals surface area contributed by atoms with Crippen LogP contribution in [0.2, 0.25) is 0 Å². The van der Waals surface area contributed by atoms with Crippen molar-refractivity contribution in [1.82, 2.24) is 9.88 Å². The molecule has 1 heterocycles. The Morgan fingerprint density at radius 1 is 1.30 bits per heavy atom. The van der Waals surface area contributed by atoms with E-state index in [1.54, 1.807) is 7.05 Å². The molecule has 8 heteroatoms. The van der Waals surface area contributed by atoms with Crippen LogP contribution in [-0.2, 0) is 16.1 Å². The van der Waals surface area contributed by atoms with Crippen molar-refractivity contribution in [3.05, 3.63) is 63.3 Å². The van der Waals surface area contributed by atoms with Gasteiger partial charge in [0.05, 0.1) is 22.3 Å². The minimum Gasteiger partial charge on any atom is -0.449 e. The van der Waals surface area contributed by atoms with Gasteiger partial charge in [0.15, 0.2) is 6.10 Å². The summed E-state index contributed by atoms with van der Waals surface area (Å²) in [6.45, 7) is 1.83. The van der Waals surface area contributed by atoms with Gasteiger partial charge in [0.1, 0.15) is 10.8 Å². The van der Waals surface area contributed by atoms with Crippen molar-refractivity contribution in [3.63, 3.8) is 0 Å². The second kappa shape index (κ2) is 8.14. The smallest absolute Gasteiger partial charge is 0.340 e. The maximum absolute atomic E-state index is 13.1. The molecule has 0 spiro atoms. The van der Waals surface area contributed by atoms with Crippen LogP contribution in [0.1, 0.15) is 22.3 Å². The van der Waals surface area contributed by atoms with Crippen LogP contribution in [0.4, 0.5) is 4.39 Å². The van der Waals surface area contributed by atoms with Crippen molar-refractivity contribution < 1.29 is 18.7 Å². The third-order valence-electron chi connectivity index (χ3n) is 3.87. The number of benzene rings is 2. The second-order valence-electron chi connectivity index (χ2n) is 5.94. The molecule has 0 bridgehead atoms. The van der Waals surface area contributed by atoms with Crippen molar-refractivity contribution in [2.45, 2.75) is 19.6 Å². The minimum absolute atomic E-state index is 0.157. The zero-order chi connectivity index (χ0) is 19.6. The van der Waals surface area contributed by atoms with Gasteiger partial charge in [-0.3, -0.25) is 4.79 Å². The van der Waals surface area contributed by atoms with Gasteiger partial charge < -0.3 is 9.64 Å². The summed E-state index contributed by atoms with van der Waals surface area (Å²) in [6.07, 6.45) is -0.978. The van der Waals surface area contributed by atoms with Gasteiger partial charge >= 0.3 is 5.97 Å². The highest BCUT2D eigenvalue weighted by atomic mass is 79.9. The lowest BCUT2D eigenvalue weighted by atomic mass is 10.2. The van der Waals surface area contributed by atoms with Gasteiger partial charge in [0.2, 0.25) is 0 Å². The first-order valence-corrected chi connectivity index (χ1v) is 9.71. The second-order valence-corrected chi connectivity index (χ2v) is 7.91. The zero-order valence-electron chi connectivity index (χ0n) is 14.6. The summed E-state index contributed by atoms with van der Waals surface area (Å²) < 4.78 is 19.7. The molecule has 2 aromatic carbocycles. The van der Waals surface area contributed by atoms with Crippen molar-refractivity contribution in [1.29, 1.82) is 0 Å². The minimum atomic E-state index is -0.978. The number of aromatic nitrogens is 1. The molecule has 5 nitrogen and oxygen atoms in total. The fourth-order valence-corrected chi connectivity index (χ4v) is 4.04. The first-order valence-electron chi connectivity index (χ1n) is 8.10. The van der Waals surface area contributed by atoms with E-state index in [2.05, 4.69) is 20.9 Å². The Morgan fingerprint density at radius 3 is 2.74 bits per heavy atom. The lowest BCUT2D eigenvalue weighted by molar-refractivity contribution is -0.139. The number of likely N-dealkylation sites (N-methyl/N-ethyl adjacent to an activating group) is 1. The first kappa shape index (κ1) is 19.4. The summed E-state index contributed by atoms with van der Waals surface area (Å²) in [5, 5.41) is 0.798. The number of fused-ring (bicyclic) bond motifs is 1. The summed E-state index contributed by atoms with van der Waals surface area (Å²) in [5.41, 5.74) is 1.05. The highest BCUT2D eigenvalue weighted by Gasteiger charge is 2.24. The lowest BCUT2D eigenvalue weighted by Gasteiger charge is -2.20. The van der Waals surface area contributed by atoms with Crippen LogP contribution in [0.3, 0.4) is 0 Å². The number of nitrogens with zero attached hydrogens (tertiary/aromatic N) is 2. The van der Waals surface area contributed by atoms with Crippen LogP contribution in [0, 0.1) is 5.82 Å². The molecular formula is C19H16BrFN2O3S. The summed E-state index contributed by atoms with van der Waals surface area (Å²) in [7, 11) is 1.63. The number of para-hydroxylation sites is 1. The van der Waals surface area contributed by atoms with Gasteiger partial charge in [-0.2, -0.15) is 0 Å². The summed E-state index contributed by atoms with van der Waals surface area (Å²) in [4.78, 5) is 30.7. The fraction of sp³-hybridized carbons (Fsp3) is 0.211. The van der Waals surface area contributed by atoms with Gasteiger partial charge in [0, 0.05) is 11.5 Å². The molecule has 0 fully saturated rings. The molecule has 1 aromatic heterocycles. The van der Waals surface area contributed by atoms with Gasteiger partial charge in [0.25, 0.3) is 5.91 Å². The van der Waals surface area contributed by atoms with E-state index in [1.807, 2.05) is 24.3 Å². The molecule has 0 N–H and O–H groups in total. The van der Waals surface area contributed by atoms with Crippen LogP contribution < -0.4 is 0 Å². The molecule has 0 saturated carbocycles. The quantitative estimate of drug-likeness (QED) is 0.540. The molecular weight excluding hydrogens is 435 g/mol. The molecule has 3 rings (SSSR count). The Hall–Kier alpha value is -2.32. The number of hydrogen-bond donors (Lipinski definition) is 0. The molecule has 27 heavy (non-hydrogen) atoms. The van der Waals surface area contributed by atoms with Gasteiger partial charge in [-0.25, -0.2) is 14.2 Å². The van der Waals surface area contributed by atoms with Crippen LogP contribution in [0.5, 0.6) is 0 Å². The van der Waals surface area contributed by atoms with Crippen molar-refractivity contribution in [2.75, 3.05) is 7.05 Å². The Balaban J connectivity index is 1.64. The molecule has 1 atom stereocenters. The Kier molecular flexibility index (Phi) is 5.86. The number of carbonyl (C=O) groups excluding carboxylic acids is 2. The van der Waals surface area contributed by atoms with E-state index < -0.39 is 17.9 Å². The number of esters is 1. The predicted molar refractivity (Wildman–Crippen MR) is 105 cm³/mol. The maximum atomic E-state index is 13.1. The van der Waals surface area contributed by atoms with Crippen molar-refractivity contribution in [3.8, 4) is 0 Å². The van der Waals surface area contributed by atoms with E-state index in [1.165, 1.54) is 35.3 Å². The number of carbonyl (C=O) groups is 2. The largest absolute Gasteiger partial charge is 0.449 e. The normalized spacial score (nSPS) is 12.0. The van der Waals surface area contributed by atoms with E-state index in [4.69, 9.17) is 4.74 Å². The van der Waals surface area contributed by atoms with E-state index in [0.717, 1.165) is 21.3 Å². The van der Waals surface area contributed by atoms with Crippen LogP contribution in [-0.4, -0.2) is 34.9 Å². The lowest BCUT2D eigenvalue weighted by Crippen LogP contribution is -2.37. The highest BCUT2D eigenvalue weighted by Crippen LogP contribution is 2.23.